The van der Waals surface area contributed by atoms with Crippen molar-refractivity contribution in [1.82, 2.24) is 10.2 Å². The van der Waals surface area contributed by atoms with Gasteiger partial charge in [-0.05, 0) is 39.0 Å². The minimum Gasteiger partial charge on any atom is -0.444 e. The van der Waals surface area contributed by atoms with Crippen LogP contribution in [0.15, 0.2) is 0 Å². The first-order valence-electron chi connectivity index (χ1n) is 7.61. The SMILES string of the molecule is CC(C)C(N)C(=O)NCC1CCN(C(=O)OC(C)(C)C)C1. The zero-order valence-corrected chi connectivity index (χ0v) is 13.8. The van der Waals surface area contributed by atoms with E-state index in [9.17, 15) is 9.59 Å². The summed E-state index contributed by atoms with van der Waals surface area (Å²) in [4.78, 5) is 25.4. The fourth-order valence-electron chi connectivity index (χ4n) is 2.16. The molecule has 0 aliphatic carbocycles. The molecule has 0 aromatic rings. The van der Waals surface area contributed by atoms with Gasteiger partial charge in [0.25, 0.3) is 0 Å². The lowest BCUT2D eigenvalue weighted by atomic mass is 10.0. The van der Waals surface area contributed by atoms with E-state index in [0.29, 0.717) is 19.6 Å². The van der Waals surface area contributed by atoms with E-state index < -0.39 is 11.6 Å². The van der Waals surface area contributed by atoms with Gasteiger partial charge in [-0.15, -0.1) is 0 Å². The summed E-state index contributed by atoms with van der Waals surface area (Å²) in [6.45, 7) is 11.2. The zero-order valence-electron chi connectivity index (χ0n) is 13.8. The van der Waals surface area contributed by atoms with Crippen LogP contribution in [0.3, 0.4) is 0 Å². The van der Waals surface area contributed by atoms with Crippen LogP contribution in [0.4, 0.5) is 4.79 Å². The van der Waals surface area contributed by atoms with Crippen molar-refractivity contribution in [2.45, 2.75) is 52.7 Å². The predicted octanol–water partition coefficient (Wildman–Crippen LogP) is 1.34. The molecule has 3 N–H and O–H groups in total. The molecule has 0 saturated carbocycles. The molecule has 1 fully saturated rings. The minimum absolute atomic E-state index is 0.117. The Bertz CT molecular complexity index is 377. The van der Waals surface area contributed by atoms with Crippen LogP contribution in [0.2, 0.25) is 0 Å². The number of nitrogens with two attached hydrogens (primary N) is 1. The fourth-order valence-corrected chi connectivity index (χ4v) is 2.16. The second kappa shape index (κ2) is 7.11. The molecule has 2 unspecified atom stereocenters. The van der Waals surface area contributed by atoms with Crippen LogP contribution < -0.4 is 11.1 Å². The van der Waals surface area contributed by atoms with Gasteiger partial charge in [-0.1, -0.05) is 13.8 Å². The summed E-state index contributed by atoms with van der Waals surface area (Å²) in [5, 5.41) is 2.87. The van der Waals surface area contributed by atoms with Gasteiger partial charge in [-0.3, -0.25) is 4.79 Å². The molecule has 1 heterocycles. The van der Waals surface area contributed by atoms with E-state index in [4.69, 9.17) is 10.5 Å². The number of nitrogens with one attached hydrogen (secondary N) is 1. The van der Waals surface area contributed by atoms with Gasteiger partial charge >= 0.3 is 6.09 Å². The van der Waals surface area contributed by atoms with Crippen LogP contribution in [0.5, 0.6) is 0 Å². The first-order valence-corrected chi connectivity index (χ1v) is 7.61. The topological polar surface area (TPSA) is 84.7 Å². The molecule has 2 atom stereocenters. The Morgan fingerprint density at radius 2 is 2.00 bits per heavy atom. The van der Waals surface area contributed by atoms with E-state index in [1.54, 1.807) is 4.90 Å². The normalized spacial score (nSPS) is 20.5. The number of ether oxygens (including phenoxy) is 1. The van der Waals surface area contributed by atoms with Crippen LogP contribution in [0.1, 0.15) is 41.0 Å². The second-order valence-corrected chi connectivity index (χ2v) is 7.10. The van der Waals surface area contributed by atoms with E-state index in [2.05, 4.69) is 5.32 Å². The van der Waals surface area contributed by atoms with Gasteiger partial charge in [0.2, 0.25) is 5.91 Å². The number of carbonyl (C=O) groups is 2. The first kappa shape index (κ1) is 17.8. The van der Waals surface area contributed by atoms with Crippen molar-refractivity contribution in [3.63, 3.8) is 0 Å². The van der Waals surface area contributed by atoms with Crippen LogP contribution in [-0.4, -0.2) is 48.2 Å². The number of hydrogen-bond donors (Lipinski definition) is 2. The largest absolute Gasteiger partial charge is 0.444 e. The Kier molecular flexibility index (Phi) is 6.01. The van der Waals surface area contributed by atoms with Crippen LogP contribution in [-0.2, 0) is 9.53 Å². The Morgan fingerprint density at radius 3 is 2.52 bits per heavy atom. The van der Waals surface area contributed by atoms with E-state index in [0.717, 1.165) is 6.42 Å². The molecule has 1 aliphatic heterocycles. The number of carbonyl (C=O) groups excluding carboxylic acids is 2. The highest BCUT2D eigenvalue weighted by Gasteiger charge is 2.30. The molecule has 21 heavy (non-hydrogen) atoms. The standard InChI is InChI=1S/C15H29N3O3/c1-10(2)12(16)13(19)17-8-11-6-7-18(9-11)14(20)21-15(3,4)5/h10-12H,6-9,16H2,1-5H3,(H,17,19). The third-order valence-corrected chi connectivity index (χ3v) is 3.52. The van der Waals surface area contributed by atoms with Crippen molar-refractivity contribution in [2.24, 2.45) is 17.6 Å². The first-order chi connectivity index (χ1) is 9.60. The van der Waals surface area contributed by atoms with E-state index in [-0.39, 0.29) is 23.8 Å². The van der Waals surface area contributed by atoms with Crippen molar-refractivity contribution in [1.29, 1.82) is 0 Å². The van der Waals surface area contributed by atoms with Crippen LogP contribution in [0, 0.1) is 11.8 Å². The Labute approximate surface area is 127 Å². The Morgan fingerprint density at radius 1 is 1.38 bits per heavy atom. The lowest BCUT2D eigenvalue weighted by Gasteiger charge is -2.24. The maximum absolute atomic E-state index is 11.9. The maximum Gasteiger partial charge on any atom is 0.410 e. The average Bonchev–Trinajstić information content (AvgIpc) is 2.81. The molecule has 2 amide bonds. The highest BCUT2D eigenvalue weighted by molar-refractivity contribution is 5.81. The lowest BCUT2D eigenvalue weighted by Crippen LogP contribution is -2.45. The van der Waals surface area contributed by atoms with Crippen LogP contribution >= 0.6 is 0 Å². The molecule has 1 aliphatic rings. The Balaban J connectivity index is 2.35. The lowest BCUT2D eigenvalue weighted by molar-refractivity contribution is -0.123. The Hall–Kier alpha value is -1.30. The van der Waals surface area contributed by atoms with Gasteiger partial charge in [0.05, 0.1) is 6.04 Å². The van der Waals surface area contributed by atoms with Crippen molar-refractivity contribution in [3.05, 3.63) is 0 Å². The highest BCUT2D eigenvalue weighted by atomic mass is 16.6. The average molecular weight is 299 g/mol. The number of amides is 2. The molecule has 0 bridgehead atoms. The van der Waals surface area contributed by atoms with Gasteiger partial charge < -0.3 is 20.7 Å². The highest BCUT2D eigenvalue weighted by Crippen LogP contribution is 2.19. The third kappa shape index (κ3) is 5.91. The van der Waals surface area contributed by atoms with E-state index in [1.807, 2.05) is 34.6 Å². The molecule has 6 heteroatoms. The smallest absolute Gasteiger partial charge is 0.410 e. The van der Waals surface area contributed by atoms with Gasteiger partial charge in [0, 0.05) is 19.6 Å². The van der Waals surface area contributed by atoms with E-state index in [1.165, 1.54) is 0 Å². The van der Waals surface area contributed by atoms with Crippen molar-refractivity contribution < 1.29 is 14.3 Å². The molecule has 0 aromatic heterocycles. The van der Waals surface area contributed by atoms with Gasteiger partial charge in [-0.25, -0.2) is 4.79 Å². The van der Waals surface area contributed by atoms with Gasteiger partial charge in [-0.2, -0.15) is 0 Å². The van der Waals surface area contributed by atoms with E-state index >= 15 is 0 Å². The summed E-state index contributed by atoms with van der Waals surface area (Å²) in [6, 6.07) is -0.478. The summed E-state index contributed by atoms with van der Waals surface area (Å²) in [6.07, 6.45) is 0.589. The van der Waals surface area contributed by atoms with Crippen molar-refractivity contribution in [2.75, 3.05) is 19.6 Å². The number of hydrogen-bond acceptors (Lipinski definition) is 4. The quantitative estimate of drug-likeness (QED) is 0.820. The van der Waals surface area contributed by atoms with Crippen molar-refractivity contribution in [3.8, 4) is 0 Å². The fraction of sp³-hybridized carbons (Fsp3) is 0.867. The number of nitrogens with zero attached hydrogens (tertiary/aromatic N) is 1. The monoisotopic (exact) mass is 299 g/mol. The molecular formula is C15H29N3O3. The molecule has 0 radical (unpaired) electrons. The third-order valence-electron chi connectivity index (χ3n) is 3.52. The summed E-state index contributed by atoms with van der Waals surface area (Å²) in [7, 11) is 0. The van der Waals surface area contributed by atoms with Gasteiger partial charge in [0.1, 0.15) is 5.60 Å². The summed E-state index contributed by atoms with van der Waals surface area (Å²) < 4.78 is 5.34. The molecule has 0 spiro atoms. The predicted molar refractivity (Wildman–Crippen MR) is 81.7 cm³/mol. The minimum atomic E-state index is -0.479. The zero-order chi connectivity index (χ0) is 16.2. The van der Waals surface area contributed by atoms with Crippen molar-refractivity contribution >= 4 is 12.0 Å². The van der Waals surface area contributed by atoms with Gasteiger partial charge in [0.15, 0.2) is 0 Å². The van der Waals surface area contributed by atoms with Crippen LogP contribution in [0.25, 0.3) is 0 Å². The number of likely N-dealkylation sites (tertiary alicyclic amines) is 1. The molecule has 1 rings (SSSR count). The molecule has 122 valence electrons. The molecule has 6 nitrogen and oxygen atoms in total. The molecule has 0 aromatic carbocycles. The maximum atomic E-state index is 11.9. The molecule has 1 saturated heterocycles. The summed E-state index contributed by atoms with van der Waals surface area (Å²) >= 11 is 0. The summed E-state index contributed by atoms with van der Waals surface area (Å²) in [5.41, 5.74) is 5.31. The molecular weight excluding hydrogens is 270 g/mol. The second-order valence-electron chi connectivity index (χ2n) is 7.10. The summed E-state index contributed by atoms with van der Waals surface area (Å²) in [5.74, 6) is 0.258. The number of rotatable bonds is 4.